The Kier molecular flexibility index (Phi) is 5.10. The van der Waals surface area contributed by atoms with Gasteiger partial charge in [-0.25, -0.2) is 4.39 Å². The number of hydrogen-bond donors (Lipinski definition) is 1. The maximum Gasteiger partial charge on any atom is 0.309 e. The van der Waals surface area contributed by atoms with Crippen LogP contribution in [0.15, 0.2) is 24.3 Å². The molecule has 0 radical (unpaired) electrons. The molecule has 1 N–H and O–H groups in total. The van der Waals surface area contributed by atoms with Crippen LogP contribution in [-0.4, -0.2) is 19.6 Å². The van der Waals surface area contributed by atoms with Crippen molar-refractivity contribution in [3.8, 4) is 0 Å². The molecule has 0 aliphatic rings. The summed E-state index contributed by atoms with van der Waals surface area (Å²) in [4.78, 5) is 11.2. The molecule has 2 unspecified atom stereocenters. The Morgan fingerprint density at radius 3 is 2.65 bits per heavy atom. The van der Waals surface area contributed by atoms with Crippen molar-refractivity contribution >= 4 is 5.97 Å². The number of nitrogens with one attached hydrogen (secondary N) is 1. The second-order valence-corrected chi connectivity index (χ2v) is 4.08. The van der Waals surface area contributed by atoms with E-state index in [9.17, 15) is 9.18 Å². The molecule has 0 spiro atoms. The van der Waals surface area contributed by atoms with E-state index in [-0.39, 0.29) is 23.7 Å². The second kappa shape index (κ2) is 6.35. The van der Waals surface area contributed by atoms with Gasteiger partial charge in [0.25, 0.3) is 0 Å². The van der Waals surface area contributed by atoms with Crippen molar-refractivity contribution in [2.45, 2.75) is 19.9 Å². The Balaban J connectivity index is 2.53. The smallest absolute Gasteiger partial charge is 0.309 e. The highest BCUT2D eigenvalue weighted by atomic mass is 19.1. The van der Waals surface area contributed by atoms with Crippen molar-refractivity contribution in [1.82, 2.24) is 5.32 Å². The highest BCUT2D eigenvalue weighted by molar-refractivity contribution is 5.72. The van der Waals surface area contributed by atoms with Crippen molar-refractivity contribution in [3.63, 3.8) is 0 Å². The van der Waals surface area contributed by atoms with Gasteiger partial charge in [0.1, 0.15) is 5.82 Å². The standard InChI is InChI=1S/C13H18FNO2/c1-9(13(16)17-3)8-15-10(2)11-6-4-5-7-12(11)14/h4-7,9-10,15H,8H2,1-3H3. The first-order chi connectivity index (χ1) is 8.06. The zero-order valence-electron chi connectivity index (χ0n) is 10.4. The van der Waals surface area contributed by atoms with Crippen molar-refractivity contribution in [1.29, 1.82) is 0 Å². The number of carbonyl (C=O) groups is 1. The predicted molar refractivity (Wildman–Crippen MR) is 64.0 cm³/mol. The Morgan fingerprint density at radius 1 is 1.41 bits per heavy atom. The molecule has 0 aliphatic heterocycles. The van der Waals surface area contributed by atoms with E-state index in [0.29, 0.717) is 12.1 Å². The number of halogens is 1. The van der Waals surface area contributed by atoms with Crippen LogP contribution in [-0.2, 0) is 9.53 Å². The lowest BCUT2D eigenvalue weighted by Crippen LogP contribution is -2.29. The van der Waals surface area contributed by atoms with Gasteiger partial charge >= 0.3 is 5.97 Å². The van der Waals surface area contributed by atoms with Crippen molar-refractivity contribution < 1.29 is 13.9 Å². The Bertz CT molecular complexity index is 381. The van der Waals surface area contributed by atoms with Gasteiger partial charge in [-0.05, 0) is 13.0 Å². The monoisotopic (exact) mass is 239 g/mol. The van der Waals surface area contributed by atoms with E-state index in [2.05, 4.69) is 10.1 Å². The summed E-state index contributed by atoms with van der Waals surface area (Å²) in [6.45, 7) is 4.09. The molecule has 0 saturated carbocycles. The van der Waals surface area contributed by atoms with Crippen LogP contribution in [0.1, 0.15) is 25.5 Å². The van der Waals surface area contributed by atoms with Gasteiger partial charge in [-0.15, -0.1) is 0 Å². The van der Waals surface area contributed by atoms with E-state index < -0.39 is 0 Å². The van der Waals surface area contributed by atoms with Crippen LogP contribution in [0.4, 0.5) is 4.39 Å². The summed E-state index contributed by atoms with van der Waals surface area (Å²) in [5.74, 6) is -0.745. The largest absolute Gasteiger partial charge is 0.469 e. The highest BCUT2D eigenvalue weighted by Crippen LogP contribution is 2.16. The van der Waals surface area contributed by atoms with Gasteiger partial charge in [-0.2, -0.15) is 0 Å². The van der Waals surface area contributed by atoms with Crippen LogP contribution < -0.4 is 5.32 Å². The normalized spacial score (nSPS) is 14.1. The summed E-state index contributed by atoms with van der Waals surface area (Å²) in [6, 6.07) is 6.47. The van der Waals surface area contributed by atoms with Crippen LogP contribution in [0, 0.1) is 11.7 Å². The zero-order valence-corrected chi connectivity index (χ0v) is 10.4. The highest BCUT2D eigenvalue weighted by Gasteiger charge is 2.15. The number of rotatable bonds is 5. The van der Waals surface area contributed by atoms with Crippen molar-refractivity contribution in [2.75, 3.05) is 13.7 Å². The first kappa shape index (κ1) is 13.6. The lowest BCUT2D eigenvalue weighted by atomic mass is 10.1. The Labute approximate surface area is 101 Å². The molecule has 0 aromatic heterocycles. The van der Waals surface area contributed by atoms with E-state index in [1.54, 1.807) is 25.1 Å². The molecule has 0 heterocycles. The molecule has 0 amide bonds. The molecule has 0 bridgehead atoms. The molecule has 1 rings (SSSR count). The summed E-state index contributed by atoms with van der Waals surface area (Å²) in [6.07, 6.45) is 0. The molecule has 3 nitrogen and oxygen atoms in total. The lowest BCUT2D eigenvalue weighted by Gasteiger charge is -2.17. The topological polar surface area (TPSA) is 38.3 Å². The third kappa shape index (κ3) is 3.82. The maximum absolute atomic E-state index is 13.5. The average molecular weight is 239 g/mol. The molecule has 0 aliphatic carbocycles. The van der Waals surface area contributed by atoms with Gasteiger partial charge in [0.15, 0.2) is 0 Å². The molecular weight excluding hydrogens is 221 g/mol. The molecule has 1 aromatic rings. The quantitative estimate of drug-likeness (QED) is 0.801. The van der Waals surface area contributed by atoms with Crippen LogP contribution in [0.25, 0.3) is 0 Å². The fourth-order valence-corrected chi connectivity index (χ4v) is 1.57. The third-order valence-electron chi connectivity index (χ3n) is 2.71. The molecule has 0 saturated heterocycles. The summed E-state index contributed by atoms with van der Waals surface area (Å²) >= 11 is 0. The van der Waals surface area contributed by atoms with Crippen LogP contribution in [0.2, 0.25) is 0 Å². The summed E-state index contributed by atoms with van der Waals surface area (Å²) in [5, 5.41) is 3.11. The summed E-state index contributed by atoms with van der Waals surface area (Å²) in [5.41, 5.74) is 0.601. The Hall–Kier alpha value is -1.42. The van der Waals surface area contributed by atoms with Gasteiger partial charge in [-0.1, -0.05) is 25.1 Å². The number of ether oxygens (including phenoxy) is 1. The third-order valence-corrected chi connectivity index (χ3v) is 2.71. The SMILES string of the molecule is COC(=O)C(C)CNC(C)c1ccccc1F. The Morgan fingerprint density at radius 2 is 2.06 bits per heavy atom. The van der Waals surface area contributed by atoms with Gasteiger partial charge in [0.2, 0.25) is 0 Å². The number of esters is 1. The van der Waals surface area contributed by atoms with E-state index in [1.807, 2.05) is 6.92 Å². The number of hydrogen-bond acceptors (Lipinski definition) is 3. The number of carbonyl (C=O) groups excluding carboxylic acids is 1. The first-order valence-electron chi connectivity index (χ1n) is 5.62. The minimum absolute atomic E-state index is 0.136. The second-order valence-electron chi connectivity index (χ2n) is 4.08. The fraction of sp³-hybridized carbons (Fsp3) is 0.462. The molecular formula is C13H18FNO2. The van der Waals surface area contributed by atoms with Gasteiger partial charge in [-0.3, -0.25) is 4.79 Å². The maximum atomic E-state index is 13.5. The molecule has 0 fully saturated rings. The zero-order chi connectivity index (χ0) is 12.8. The molecule has 94 valence electrons. The fourth-order valence-electron chi connectivity index (χ4n) is 1.57. The van der Waals surface area contributed by atoms with Crippen LogP contribution >= 0.6 is 0 Å². The lowest BCUT2D eigenvalue weighted by molar-refractivity contribution is -0.144. The van der Waals surface area contributed by atoms with E-state index in [1.165, 1.54) is 13.2 Å². The van der Waals surface area contributed by atoms with Gasteiger partial charge < -0.3 is 10.1 Å². The predicted octanol–water partition coefficient (Wildman–Crippen LogP) is 2.29. The van der Waals surface area contributed by atoms with E-state index in [0.717, 1.165) is 0 Å². The minimum atomic E-state index is -0.266. The van der Waals surface area contributed by atoms with Crippen molar-refractivity contribution in [2.24, 2.45) is 5.92 Å². The van der Waals surface area contributed by atoms with Crippen LogP contribution in [0.3, 0.4) is 0 Å². The summed E-state index contributed by atoms with van der Waals surface area (Å²) < 4.78 is 18.1. The molecule has 1 aromatic carbocycles. The molecule has 2 atom stereocenters. The molecule has 17 heavy (non-hydrogen) atoms. The van der Waals surface area contributed by atoms with Gasteiger partial charge in [0, 0.05) is 18.2 Å². The molecule has 4 heteroatoms. The van der Waals surface area contributed by atoms with Crippen molar-refractivity contribution in [3.05, 3.63) is 35.6 Å². The number of methoxy groups -OCH3 is 1. The van der Waals surface area contributed by atoms with Crippen LogP contribution in [0.5, 0.6) is 0 Å². The van der Waals surface area contributed by atoms with E-state index in [4.69, 9.17) is 0 Å². The van der Waals surface area contributed by atoms with E-state index >= 15 is 0 Å². The summed E-state index contributed by atoms with van der Waals surface area (Å²) in [7, 11) is 1.36. The van der Waals surface area contributed by atoms with Gasteiger partial charge in [0.05, 0.1) is 13.0 Å². The average Bonchev–Trinajstić information content (AvgIpc) is 2.35. The first-order valence-corrected chi connectivity index (χ1v) is 5.62. The minimum Gasteiger partial charge on any atom is -0.469 e. The number of benzene rings is 1.